The molecule has 4 aromatic heterocycles. The molecule has 5 N–H and O–H groups in total. The lowest BCUT2D eigenvalue weighted by Crippen LogP contribution is -2.37. The van der Waals surface area contributed by atoms with E-state index in [1.807, 2.05) is 58.0 Å². The van der Waals surface area contributed by atoms with E-state index in [1.165, 1.54) is 20.5 Å². The molecule has 0 spiro atoms. The van der Waals surface area contributed by atoms with Gasteiger partial charge in [-0.15, -0.1) is 0 Å². The van der Waals surface area contributed by atoms with Crippen LogP contribution in [-0.2, 0) is 30.3 Å². The van der Waals surface area contributed by atoms with E-state index in [1.54, 1.807) is 41.5 Å². The number of hydrogen-bond donors (Lipinski definition) is 5. The number of ether oxygens (including phenoxy) is 5. The first kappa shape index (κ1) is 58.7. The van der Waals surface area contributed by atoms with Gasteiger partial charge in [0, 0.05) is 0 Å². The molecule has 0 aliphatic carbocycles. The van der Waals surface area contributed by atoms with Crippen LogP contribution < -0.4 is 21.3 Å². The van der Waals surface area contributed by atoms with Crippen molar-refractivity contribution >= 4 is 35.9 Å². The summed E-state index contributed by atoms with van der Waals surface area (Å²) in [6.45, 7) is 17.6. The third kappa shape index (κ3) is 18.0. The molecule has 24 heteroatoms. The van der Waals surface area contributed by atoms with E-state index < -0.39 is 77.9 Å². The lowest BCUT2D eigenvalue weighted by atomic mass is 10.0. The first-order chi connectivity index (χ1) is 33.4. The van der Waals surface area contributed by atoms with Crippen LogP contribution in [0.25, 0.3) is 0 Å². The van der Waals surface area contributed by atoms with Gasteiger partial charge < -0.3 is 67.7 Å². The second-order valence-electron chi connectivity index (χ2n) is 18.2. The molecule has 4 amide bonds. The van der Waals surface area contributed by atoms with E-state index in [9.17, 15) is 33.9 Å². The van der Waals surface area contributed by atoms with Gasteiger partial charge >= 0.3 is 24.1 Å². The molecule has 0 bridgehead atoms. The maximum Gasteiger partial charge on any atom is 0.408 e. The first-order valence-electron chi connectivity index (χ1n) is 22.2. The molecule has 394 valence electrons. The molecule has 0 fully saturated rings. The number of benzene rings is 1. The molecule has 1 aromatic carbocycles. The summed E-state index contributed by atoms with van der Waals surface area (Å²) in [5, 5.41) is 20.3. The van der Waals surface area contributed by atoms with Crippen LogP contribution in [0.4, 0.5) is 9.59 Å². The van der Waals surface area contributed by atoms with Gasteiger partial charge in [0.25, 0.3) is 11.8 Å². The smallest absolute Gasteiger partial charge is 0.408 e. The van der Waals surface area contributed by atoms with Crippen LogP contribution in [0.5, 0.6) is 0 Å². The number of carbonyl (C=O) groups is 6. The van der Waals surface area contributed by atoms with E-state index in [-0.39, 0.29) is 78.8 Å². The van der Waals surface area contributed by atoms with Crippen molar-refractivity contribution in [1.29, 1.82) is 0 Å². The number of nitrogens with zero attached hydrogens (tertiary/aromatic N) is 4. The molecule has 5 aromatic rings. The Kier molecular flexibility index (Phi) is 21.7. The summed E-state index contributed by atoms with van der Waals surface area (Å²) in [7, 11) is 2.41. The van der Waals surface area contributed by atoms with Gasteiger partial charge in [-0.05, 0) is 58.9 Å². The van der Waals surface area contributed by atoms with E-state index in [0.717, 1.165) is 24.4 Å². The Morgan fingerprint density at radius 2 is 0.944 bits per heavy atom. The predicted octanol–water partition coefficient (Wildman–Crippen LogP) is 7.13. The number of nitrogens with one attached hydrogen (secondary N) is 4. The molecular formula is C48H66N8O16. The van der Waals surface area contributed by atoms with Gasteiger partial charge in [0.15, 0.2) is 22.8 Å². The number of carbonyl (C=O) groups excluding carboxylic acids is 6. The molecule has 72 heavy (non-hydrogen) atoms. The number of aromatic nitrogens is 4. The molecule has 4 unspecified atom stereocenters. The van der Waals surface area contributed by atoms with Gasteiger partial charge in [0.1, 0.15) is 60.4 Å². The molecule has 0 radical (unpaired) electrons. The largest absolute Gasteiger partial charge is 0.464 e. The summed E-state index contributed by atoms with van der Waals surface area (Å²) in [5.74, 6) is -2.71. The van der Waals surface area contributed by atoms with Crippen LogP contribution in [-0.4, -0.2) is 99.6 Å². The summed E-state index contributed by atoms with van der Waals surface area (Å²) < 4.78 is 47.1. The summed E-state index contributed by atoms with van der Waals surface area (Å²) in [4.78, 5) is 90.0. The highest BCUT2D eigenvalue weighted by Gasteiger charge is 2.31. The minimum atomic E-state index is -1.04. The average molecular weight is 1010 g/mol. The van der Waals surface area contributed by atoms with Crippen molar-refractivity contribution in [2.24, 2.45) is 11.8 Å². The van der Waals surface area contributed by atoms with Gasteiger partial charge in [-0.2, -0.15) is 0 Å². The number of aliphatic hydroxyl groups is 1. The lowest BCUT2D eigenvalue weighted by Gasteiger charge is -2.24. The number of esters is 2. The predicted molar refractivity (Wildman–Crippen MR) is 253 cm³/mol. The summed E-state index contributed by atoms with van der Waals surface area (Å²) >= 11 is 0. The van der Waals surface area contributed by atoms with Crippen molar-refractivity contribution < 1.29 is 75.2 Å². The van der Waals surface area contributed by atoms with Crippen molar-refractivity contribution in [2.75, 3.05) is 27.4 Å². The Bertz CT molecular complexity index is 2530. The second-order valence-corrected chi connectivity index (χ2v) is 18.2. The molecule has 0 saturated heterocycles. The van der Waals surface area contributed by atoms with Gasteiger partial charge in [0.05, 0.1) is 34.0 Å². The van der Waals surface area contributed by atoms with Crippen molar-refractivity contribution in [3.63, 3.8) is 0 Å². The number of hydrogen-bond acceptors (Lipinski definition) is 20. The third-order valence-corrected chi connectivity index (χ3v) is 9.34. The third-order valence-electron chi connectivity index (χ3n) is 9.34. The maximum atomic E-state index is 13.1. The van der Waals surface area contributed by atoms with Crippen molar-refractivity contribution in [3.05, 3.63) is 107 Å². The number of rotatable bonds is 19. The Balaban J connectivity index is 0.000000382. The van der Waals surface area contributed by atoms with Crippen molar-refractivity contribution in [1.82, 2.24) is 41.2 Å². The normalized spacial score (nSPS) is 13.0. The van der Waals surface area contributed by atoms with Crippen molar-refractivity contribution in [2.45, 2.75) is 119 Å². The molecule has 0 aliphatic heterocycles. The number of aliphatic hydroxyl groups excluding tert-OH is 1. The highest BCUT2D eigenvalue weighted by atomic mass is 16.6. The minimum Gasteiger partial charge on any atom is -0.464 e. The van der Waals surface area contributed by atoms with Gasteiger partial charge in [-0.1, -0.05) is 65.5 Å². The van der Waals surface area contributed by atoms with Gasteiger partial charge in [-0.25, -0.2) is 39.1 Å². The zero-order valence-corrected chi connectivity index (χ0v) is 41.6. The van der Waals surface area contributed by atoms with Crippen molar-refractivity contribution in [3.8, 4) is 0 Å². The monoisotopic (exact) mass is 1010 g/mol. The van der Waals surface area contributed by atoms with Gasteiger partial charge in [-0.3, -0.25) is 9.59 Å². The quantitative estimate of drug-likeness (QED) is 0.0405. The highest BCUT2D eigenvalue weighted by Crippen LogP contribution is 2.25. The Morgan fingerprint density at radius 3 is 1.33 bits per heavy atom. The lowest BCUT2D eigenvalue weighted by molar-refractivity contribution is 0.0468. The fourth-order valence-electron chi connectivity index (χ4n) is 5.95. The van der Waals surface area contributed by atoms with Crippen LogP contribution in [0.1, 0.15) is 172 Å². The molecular weight excluding hydrogens is 945 g/mol. The summed E-state index contributed by atoms with van der Waals surface area (Å²) in [6, 6.07) is 6.30. The first-order valence-corrected chi connectivity index (χ1v) is 22.2. The Labute approximate surface area is 416 Å². The van der Waals surface area contributed by atoms with Crippen LogP contribution in [0.15, 0.2) is 73.1 Å². The highest BCUT2D eigenvalue weighted by molar-refractivity contribution is 5.93. The SMILES string of the molecule is C.COC(=O)c1coc(C(CO)NC(=O)c2coc(C(NC(=O)OC(C)(C)C)C(C)C)n2)n1.COC(=O)c1coc(C(COCc2ccccc2)NC(=O)c2coc(C(NC(=O)OC(C)(C)C)C(C)C)n2)n1. The standard InChI is InChI=1S/C27H34N4O8.C20H28N4O8.CH4/c1-16(2)21(31-26(34)39-27(3,4)5)24-29-18(14-38-24)22(32)28-19(13-36-12-17-10-8-7-9-11-17)23-30-20(15-37-23)25(33)35-6;1-10(2)14(24-19(28)32-20(3,4)5)17-22-12(8-31-17)15(26)21-11(7-25)16-23-13(9-30-16)18(27)29-6;/h7-11,14-16,19,21H,12-13H2,1-6H3,(H,28,32)(H,31,34);8-11,14,25H,7H2,1-6H3,(H,21,26)(H,24,28);1H4. The molecule has 4 atom stereocenters. The summed E-state index contributed by atoms with van der Waals surface area (Å²) in [6.07, 6.45) is 3.23. The molecule has 0 saturated carbocycles. The minimum absolute atomic E-state index is 0. The zero-order chi connectivity index (χ0) is 52.6. The zero-order valence-electron chi connectivity index (χ0n) is 41.6. The molecule has 4 heterocycles. The number of methoxy groups -OCH3 is 2. The fraction of sp³-hybridized carbons (Fsp3) is 0.500. The van der Waals surface area contributed by atoms with Gasteiger partial charge in [0.2, 0.25) is 23.6 Å². The number of oxazole rings is 4. The van der Waals surface area contributed by atoms with Crippen LogP contribution >= 0.6 is 0 Å². The van der Waals surface area contributed by atoms with Crippen LogP contribution in [0.2, 0.25) is 0 Å². The number of amides is 4. The van der Waals surface area contributed by atoms with Crippen LogP contribution in [0, 0.1) is 11.8 Å². The molecule has 24 nitrogen and oxygen atoms in total. The van der Waals surface area contributed by atoms with Crippen LogP contribution in [0.3, 0.4) is 0 Å². The topological polar surface area (TPSA) is 321 Å². The fourth-order valence-corrected chi connectivity index (χ4v) is 5.95. The molecule has 5 rings (SSSR count). The van der Waals surface area contributed by atoms with E-state index >= 15 is 0 Å². The van der Waals surface area contributed by atoms with E-state index in [0.29, 0.717) is 0 Å². The average Bonchev–Trinajstić information content (AvgIpc) is 4.16. The van der Waals surface area contributed by atoms with E-state index in [2.05, 4.69) is 50.7 Å². The Hall–Kier alpha value is -7.60. The maximum absolute atomic E-state index is 13.1. The Morgan fingerprint density at radius 1 is 0.569 bits per heavy atom. The molecule has 0 aliphatic rings. The summed E-state index contributed by atoms with van der Waals surface area (Å²) in [5.41, 5.74) is -0.704. The number of alkyl carbamates (subject to hydrolysis) is 2. The van der Waals surface area contributed by atoms with E-state index in [4.69, 9.17) is 31.9 Å². The second kappa shape index (κ2) is 26.6.